The standard InChI is InChI=1S/C23H32O6/c1-13-6-9-18-14(2)20(16-8-7-15(24-4)12-19(16)25-5)26-21-23(18)17(13)10-11-22(3,27-21)28-29-23/h7-8,12-14,17-18,20-21H,6,9-11H2,1-5H3/t13-,14-,17+,18+,20+,21-,22+,23-/m1/s1. The first kappa shape index (κ1) is 19.6. The van der Waals surface area contributed by atoms with E-state index in [0.29, 0.717) is 17.8 Å². The third-order valence-corrected chi connectivity index (χ3v) is 7.91. The SMILES string of the molecule is COc1ccc([C@H]2O[C@@H]3O[C@]4(C)CC[C@H]5[C@H](C)CC[C@@H]([C@H]2C)[C@@]35OO4)c(OC)c1. The van der Waals surface area contributed by atoms with E-state index in [0.717, 1.165) is 36.3 Å². The summed E-state index contributed by atoms with van der Waals surface area (Å²) in [5.74, 6) is 2.25. The second kappa shape index (κ2) is 6.84. The van der Waals surface area contributed by atoms with E-state index < -0.39 is 17.7 Å². The molecule has 4 aliphatic heterocycles. The highest BCUT2D eigenvalue weighted by atomic mass is 17.3. The molecule has 29 heavy (non-hydrogen) atoms. The van der Waals surface area contributed by atoms with Gasteiger partial charge >= 0.3 is 0 Å². The Hall–Kier alpha value is -1.34. The maximum atomic E-state index is 6.71. The Morgan fingerprint density at radius 1 is 1.00 bits per heavy atom. The molecule has 0 unspecified atom stereocenters. The van der Waals surface area contributed by atoms with Crippen LogP contribution >= 0.6 is 0 Å². The molecule has 6 rings (SSSR count). The van der Waals surface area contributed by atoms with Crippen LogP contribution in [0.4, 0.5) is 0 Å². The van der Waals surface area contributed by atoms with Crippen molar-refractivity contribution in [3.8, 4) is 11.5 Å². The fourth-order valence-corrected chi connectivity index (χ4v) is 6.31. The predicted molar refractivity (Wildman–Crippen MR) is 105 cm³/mol. The van der Waals surface area contributed by atoms with E-state index in [4.69, 9.17) is 28.7 Å². The molecule has 1 saturated carbocycles. The minimum Gasteiger partial charge on any atom is -0.497 e. The monoisotopic (exact) mass is 404 g/mol. The molecule has 1 spiro atoms. The van der Waals surface area contributed by atoms with Crippen molar-refractivity contribution in [2.75, 3.05) is 14.2 Å². The Bertz CT molecular complexity index is 783. The smallest absolute Gasteiger partial charge is 0.201 e. The molecule has 1 aromatic rings. The number of methoxy groups -OCH3 is 2. The van der Waals surface area contributed by atoms with E-state index in [-0.39, 0.29) is 12.0 Å². The molecule has 0 N–H and O–H groups in total. The summed E-state index contributed by atoms with van der Waals surface area (Å²) in [4.78, 5) is 12.1. The maximum Gasteiger partial charge on any atom is 0.201 e. The highest BCUT2D eigenvalue weighted by molar-refractivity contribution is 5.42. The lowest BCUT2D eigenvalue weighted by Gasteiger charge is -2.60. The fourth-order valence-electron chi connectivity index (χ4n) is 6.31. The molecule has 5 fully saturated rings. The summed E-state index contributed by atoms with van der Waals surface area (Å²) >= 11 is 0. The Morgan fingerprint density at radius 3 is 2.59 bits per heavy atom. The lowest BCUT2D eigenvalue weighted by Crippen LogP contribution is -2.69. The van der Waals surface area contributed by atoms with Gasteiger partial charge in [-0.3, -0.25) is 0 Å². The second-order valence-electron chi connectivity index (χ2n) is 9.43. The highest BCUT2D eigenvalue weighted by Gasteiger charge is 2.69. The zero-order chi connectivity index (χ0) is 20.4. The number of benzene rings is 1. The quantitative estimate of drug-likeness (QED) is 0.685. The Kier molecular flexibility index (Phi) is 4.63. The molecule has 1 aliphatic carbocycles. The first-order valence-corrected chi connectivity index (χ1v) is 10.8. The van der Waals surface area contributed by atoms with Gasteiger partial charge in [0, 0.05) is 24.0 Å². The summed E-state index contributed by atoms with van der Waals surface area (Å²) in [7, 11) is 3.35. The summed E-state index contributed by atoms with van der Waals surface area (Å²) in [6, 6.07) is 5.93. The van der Waals surface area contributed by atoms with Crippen molar-refractivity contribution in [2.24, 2.45) is 23.7 Å². The number of fused-ring (bicyclic) bond motifs is 2. The van der Waals surface area contributed by atoms with Crippen molar-refractivity contribution < 1.29 is 28.7 Å². The zero-order valence-electron chi connectivity index (χ0n) is 18.0. The first-order valence-electron chi connectivity index (χ1n) is 10.8. The molecule has 160 valence electrons. The summed E-state index contributed by atoms with van der Waals surface area (Å²) < 4.78 is 24.2. The summed E-state index contributed by atoms with van der Waals surface area (Å²) in [6.07, 6.45) is 3.54. The molecule has 6 heteroatoms. The van der Waals surface area contributed by atoms with Gasteiger partial charge in [-0.15, -0.1) is 0 Å². The zero-order valence-corrected chi connectivity index (χ0v) is 18.0. The molecule has 5 aliphatic rings. The van der Waals surface area contributed by atoms with E-state index in [1.165, 1.54) is 6.42 Å². The minimum atomic E-state index is -0.757. The molecule has 2 bridgehead atoms. The van der Waals surface area contributed by atoms with Gasteiger partial charge < -0.3 is 18.9 Å². The first-order chi connectivity index (χ1) is 13.9. The summed E-state index contributed by atoms with van der Waals surface area (Å²) in [5, 5.41) is 0. The van der Waals surface area contributed by atoms with Crippen LogP contribution in [-0.4, -0.2) is 31.9 Å². The topological polar surface area (TPSA) is 55.4 Å². The van der Waals surface area contributed by atoms with E-state index in [2.05, 4.69) is 13.8 Å². The molecule has 0 aromatic heterocycles. The van der Waals surface area contributed by atoms with Gasteiger partial charge in [0.2, 0.25) is 5.79 Å². The van der Waals surface area contributed by atoms with E-state index >= 15 is 0 Å². The normalized spacial score (nSPS) is 46.0. The van der Waals surface area contributed by atoms with Crippen molar-refractivity contribution in [3.05, 3.63) is 23.8 Å². The Balaban J connectivity index is 1.57. The molecule has 4 saturated heterocycles. The summed E-state index contributed by atoms with van der Waals surface area (Å²) in [6.45, 7) is 6.56. The van der Waals surface area contributed by atoms with Gasteiger partial charge in [0.05, 0.1) is 20.3 Å². The minimum absolute atomic E-state index is 0.142. The molecule has 8 atom stereocenters. The van der Waals surface area contributed by atoms with Crippen molar-refractivity contribution in [1.82, 2.24) is 0 Å². The van der Waals surface area contributed by atoms with E-state index in [1.807, 2.05) is 25.1 Å². The average Bonchev–Trinajstić information content (AvgIpc) is 2.96. The highest BCUT2D eigenvalue weighted by Crippen LogP contribution is 2.62. The third-order valence-electron chi connectivity index (χ3n) is 7.91. The van der Waals surface area contributed by atoms with Crippen molar-refractivity contribution in [1.29, 1.82) is 0 Å². The van der Waals surface area contributed by atoms with E-state index in [1.54, 1.807) is 14.2 Å². The molecule has 1 aromatic carbocycles. The van der Waals surface area contributed by atoms with Gasteiger partial charge in [-0.05, 0) is 56.1 Å². The molecular formula is C23H32O6. The number of hydrogen-bond acceptors (Lipinski definition) is 6. The maximum absolute atomic E-state index is 6.71. The largest absolute Gasteiger partial charge is 0.497 e. The Morgan fingerprint density at radius 2 is 1.83 bits per heavy atom. The van der Waals surface area contributed by atoms with Gasteiger partial charge in [-0.25, -0.2) is 9.78 Å². The van der Waals surface area contributed by atoms with Crippen LogP contribution in [-0.2, 0) is 19.2 Å². The van der Waals surface area contributed by atoms with Crippen LogP contribution in [0.15, 0.2) is 18.2 Å². The van der Waals surface area contributed by atoms with Crippen LogP contribution < -0.4 is 9.47 Å². The van der Waals surface area contributed by atoms with Crippen LogP contribution in [0.1, 0.15) is 58.1 Å². The average molecular weight is 405 g/mol. The molecule has 4 heterocycles. The van der Waals surface area contributed by atoms with Crippen LogP contribution in [0.25, 0.3) is 0 Å². The second-order valence-corrected chi connectivity index (χ2v) is 9.43. The number of rotatable bonds is 3. The fraction of sp³-hybridized carbons (Fsp3) is 0.739. The summed E-state index contributed by atoms with van der Waals surface area (Å²) in [5.41, 5.74) is 0.490. The number of ether oxygens (including phenoxy) is 4. The van der Waals surface area contributed by atoms with Crippen molar-refractivity contribution in [3.63, 3.8) is 0 Å². The van der Waals surface area contributed by atoms with Crippen molar-refractivity contribution in [2.45, 2.75) is 70.2 Å². The van der Waals surface area contributed by atoms with Gasteiger partial charge in [0.25, 0.3) is 0 Å². The molecular weight excluding hydrogens is 372 g/mol. The van der Waals surface area contributed by atoms with Crippen LogP contribution in [0.3, 0.4) is 0 Å². The third kappa shape index (κ3) is 2.76. The van der Waals surface area contributed by atoms with Crippen LogP contribution in [0, 0.1) is 23.7 Å². The molecule has 0 amide bonds. The predicted octanol–water partition coefficient (Wildman–Crippen LogP) is 4.63. The lowest BCUT2D eigenvalue weighted by atomic mass is 9.57. The van der Waals surface area contributed by atoms with Crippen LogP contribution in [0.2, 0.25) is 0 Å². The van der Waals surface area contributed by atoms with Gasteiger partial charge in [-0.1, -0.05) is 13.8 Å². The Labute approximate surface area is 172 Å². The molecule has 0 radical (unpaired) electrons. The van der Waals surface area contributed by atoms with Gasteiger partial charge in [-0.2, -0.15) is 0 Å². The lowest BCUT2D eigenvalue weighted by molar-refractivity contribution is -0.571. The molecule has 6 nitrogen and oxygen atoms in total. The van der Waals surface area contributed by atoms with Crippen LogP contribution in [0.5, 0.6) is 11.5 Å². The van der Waals surface area contributed by atoms with E-state index in [9.17, 15) is 0 Å². The van der Waals surface area contributed by atoms with Crippen molar-refractivity contribution >= 4 is 0 Å². The van der Waals surface area contributed by atoms with Gasteiger partial charge in [0.1, 0.15) is 11.5 Å². The number of hydrogen-bond donors (Lipinski definition) is 0. The van der Waals surface area contributed by atoms with Gasteiger partial charge in [0.15, 0.2) is 11.9 Å².